The molecular formula is C20H12F2O4. The van der Waals surface area contributed by atoms with Crippen molar-refractivity contribution in [3.63, 3.8) is 0 Å². The maximum atomic E-state index is 14.3. The van der Waals surface area contributed by atoms with Crippen molar-refractivity contribution in [1.29, 1.82) is 0 Å². The Labute approximate surface area is 147 Å². The van der Waals surface area contributed by atoms with Gasteiger partial charge in [-0.05, 0) is 23.8 Å². The van der Waals surface area contributed by atoms with E-state index < -0.39 is 29.1 Å². The predicted octanol–water partition coefficient (Wildman–Crippen LogP) is 4.70. The minimum Gasteiger partial charge on any atom is -0.478 e. The summed E-state index contributed by atoms with van der Waals surface area (Å²) in [6, 6.07) is 13.1. The van der Waals surface area contributed by atoms with E-state index in [2.05, 4.69) is 0 Å². The Morgan fingerprint density at radius 3 is 1.69 bits per heavy atom. The highest BCUT2D eigenvalue weighted by molar-refractivity contribution is 6.09. The lowest BCUT2D eigenvalue weighted by Crippen LogP contribution is -2.10. The summed E-state index contributed by atoms with van der Waals surface area (Å²) in [5.74, 6) is -4.34. The lowest BCUT2D eigenvalue weighted by atomic mass is 9.87. The van der Waals surface area contributed by atoms with E-state index in [9.17, 15) is 28.6 Å². The largest absolute Gasteiger partial charge is 0.478 e. The predicted molar refractivity (Wildman–Crippen MR) is 91.1 cm³/mol. The first-order valence-corrected chi connectivity index (χ1v) is 7.55. The number of benzene rings is 3. The number of carboxylic acids is 2. The SMILES string of the molecule is O=C(O)c1ccc(-c2ccccc2F)c(C(=O)O)c1-c1ccccc1F. The molecule has 0 aliphatic carbocycles. The molecule has 0 atom stereocenters. The minimum absolute atomic E-state index is 0.0144. The van der Waals surface area contributed by atoms with Crippen LogP contribution in [0, 0.1) is 11.6 Å². The lowest BCUT2D eigenvalue weighted by Gasteiger charge is -2.16. The van der Waals surface area contributed by atoms with Crippen molar-refractivity contribution >= 4 is 11.9 Å². The molecule has 4 nitrogen and oxygen atoms in total. The van der Waals surface area contributed by atoms with Crippen LogP contribution in [0.2, 0.25) is 0 Å². The average molecular weight is 354 g/mol. The molecule has 0 spiro atoms. The lowest BCUT2D eigenvalue weighted by molar-refractivity contribution is 0.0696. The molecule has 0 saturated heterocycles. The summed E-state index contributed by atoms with van der Waals surface area (Å²) in [7, 11) is 0. The van der Waals surface area contributed by atoms with Gasteiger partial charge in [0.1, 0.15) is 11.6 Å². The molecule has 0 aromatic heterocycles. The first-order valence-electron chi connectivity index (χ1n) is 7.55. The highest BCUT2D eigenvalue weighted by Crippen LogP contribution is 2.37. The van der Waals surface area contributed by atoms with Gasteiger partial charge < -0.3 is 10.2 Å². The van der Waals surface area contributed by atoms with Crippen LogP contribution < -0.4 is 0 Å². The summed E-state index contributed by atoms with van der Waals surface area (Å²) in [5, 5.41) is 19.2. The van der Waals surface area contributed by atoms with Crippen molar-refractivity contribution < 1.29 is 28.6 Å². The van der Waals surface area contributed by atoms with E-state index in [0.717, 1.165) is 18.2 Å². The zero-order valence-corrected chi connectivity index (χ0v) is 13.2. The van der Waals surface area contributed by atoms with E-state index in [-0.39, 0.29) is 27.8 Å². The molecular weight excluding hydrogens is 342 g/mol. The number of halogens is 2. The fourth-order valence-electron chi connectivity index (χ4n) is 2.85. The second-order valence-corrected chi connectivity index (χ2v) is 5.48. The van der Waals surface area contributed by atoms with Gasteiger partial charge in [0.2, 0.25) is 0 Å². The normalized spacial score (nSPS) is 10.5. The van der Waals surface area contributed by atoms with Crippen LogP contribution >= 0.6 is 0 Å². The second-order valence-electron chi connectivity index (χ2n) is 5.48. The second kappa shape index (κ2) is 6.76. The smallest absolute Gasteiger partial charge is 0.336 e. The molecule has 0 radical (unpaired) electrons. The van der Waals surface area contributed by atoms with Gasteiger partial charge in [-0.2, -0.15) is 0 Å². The zero-order valence-electron chi connectivity index (χ0n) is 13.2. The minimum atomic E-state index is -1.48. The van der Waals surface area contributed by atoms with E-state index in [1.165, 1.54) is 42.5 Å². The summed E-state index contributed by atoms with van der Waals surface area (Å²) >= 11 is 0. The van der Waals surface area contributed by atoms with Crippen molar-refractivity contribution in [3.05, 3.63) is 83.4 Å². The van der Waals surface area contributed by atoms with Crippen LogP contribution in [0.3, 0.4) is 0 Å². The van der Waals surface area contributed by atoms with Crippen molar-refractivity contribution in [2.24, 2.45) is 0 Å². The van der Waals surface area contributed by atoms with Crippen LogP contribution in [0.15, 0.2) is 60.7 Å². The van der Waals surface area contributed by atoms with Crippen molar-refractivity contribution in [2.45, 2.75) is 0 Å². The molecule has 0 bridgehead atoms. The topological polar surface area (TPSA) is 74.6 Å². The average Bonchev–Trinajstić information content (AvgIpc) is 2.61. The van der Waals surface area contributed by atoms with Gasteiger partial charge in [-0.15, -0.1) is 0 Å². The molecule has 0 amide bonds. The molecule has 26 heavy (non-hydrogen) atoms. The number of carbonyl (C=O) groups is 2. The summed E-state index contributed by atoms with van der Waals surface area (Å²) in [5.41, 5.74) is -1.38. The van der Waals surface area contributed by atoms with Gasteiger partial charge >= 0.3 is 11.9 Å². The van der Waals surface area contributed by atoms with Crippen molar-refractivity contribution in [3.8, 4) is 22.3 Å². The van der Waals surface area contributed by atoms with Gasteiger partial charge in [0.15, 0.2) is 0 Å². The van der Waals surface area contributed by atoms with Gasteiger partial charge in [0.25, 0.3) is 0 Å². The zero-order chi connectivity index (χ0) is 18.8. The van der Waals surface area contributed by atoms with Crippen LogP contribution in [0.1, 0.15) is 20.7 Å². The molecule has 3 aromatic rings. The molecule has 3 rings (SSSR count). The monoisotopic (exact) mass is 354 g/mol. The number of hydrogen-bond donors (Lipinski definition) is 2. The van der Waals surface area contributed by atoms with Gasteiger partial charge in [-0.1, -0.05) is 42.5 Å². The third kappa shape index (κ3) is 2.93. The quantitative estimate of drug-likeness (QED) is 0.712. The third-order valence-electron chi connectivity index (χ3n) is 3.96. The number of rotatable bonds is 4. The standard InChI is InChI=1S/C20H12F2O4/c21-15-7-3-1-5-11(15)12-9-10-14(19(23)24)17(18(12)20(25)26)13-6-2-4-8-16(13)22/h1-10H,(H,23,24)(H,25,26). The van der Waals surface area contributed by atoms with Gasteiger partial charge in [-0.25, -0.2) is 18.4 Å². The maximum Gasteiger partial charge on any atom is 0.336 e. The Kier molecular flexibility index (Phi) is 4.49. The summed E-state index contributed by atoms with van der Waals surface area (Å²) in [6.45, 7) is 0. The summed E-state index contributed by atoms with van der Waals surface area (Å²) in [4.78, 5) is 23.6. The highest BCUT2D eigenvalue weighted by atomic mass is 19.1. The van der Waals surface area contributed by atoms with Crippen LogP contribution in [0.5, 0.6) is 0 Å². The molecule has 2 N–H and O–H groups in total. The molecule has 0 heterocycles. The first-order chi connectivity index (χ1) is 12.4. The maximum absolute atomic E-state index is 14.3. The Bertz CT molecular complexity index is 1030. The van der Waals surface area contributed by atoms with E-state index >= 15 is 0 Å². The van der Waals surface area contributed by atoms with Gasteiger partial charge in [0.05, 0.1) is 11.1 Å². The van der Waals surface area contributed by atoms with Crippen LogP contribution in [-0.4, -0.2) is 22.2 Å². The van der Waals surface area contributed by atoms with E-state index in [1.54, 1.807) is 0 Å². The molecule has 0 saturated carbocycles. The Morgan fingerprint density at radius 1 is 0.654 bits per heavy atom. The third-order valence-corrected chi connectivity index (χ3v) is 3.96. The van der Waals surface area contributed by atoms with Gasteiger partial charge in [0, 0.05) is 16.7 Å². The van der Waals surface area contributed by atoms with Gasteiger partial charge in [-0.3, -0.25) is 0 Å². The fourth-order valence-corrected chi connectivity index (χ4v) is 2.85. The molecule has 6 heteroatoms. The Hall–Kier alpha value is -3.54. The van der Waals surface area contributed by atoms with Crippen molar-refractivity contribution in [1.82, 2.24) is 0 Å². The van der Waals surface area contributed by atoms with Crippen LogP contribution in [0.25, 0.3) is 22.3 Å². The summed E-state index contributed by atoms with van der Waals surface area (Å²) in [6.07, 6.45) is 0. The van der Waals surface area contributed by atoms with Crippen LogP contribution in [-0.2, 0) is 0 Å². The first kappa shape index (κ1) is 17.3. The van der Waals surface area contributed by atoms with Crippen molar-refractivity contribution in [2.75, 3.05) is 0 Å². The number of aromatic carboxylic acids is 2. The van der Waals surface area contributed by atoms with Crippen LogP contribution in [0.4, 0.5) is 8.78 Å². The molecule has 0 aliphatic rings. The van der Waals surface area contributed by atoms with E-state index in [4.69, 9.17) is 0 Å². The van der Waals surface area contributed by atoms with E-state index in [0.29, 0.717) is 0 Å². The molecule has 0 aliphatic heterocycles. The summed E-state index contributed by atoms with van der Waals surface area (Å²) < 4.78 is 28.5. The Morgan fingerprint density at radius 2 is 1.19 bits per heavy atom. The molecule has 0 unspecified atom stereocenters. The fraction of sp³-hybridized carbons (Fsp3) is 0. The molecule has 3 aromatic carbocycles. The highest BCUT2D eigenvalue weighted by Gasteiger charge is 2.26. The number of carboxylic acid groups (broad SMARTS) is 2. The number of hydrogen-bond acceptors (Lipinski definition) is 2. The van der Waals surface area contributed by atoms with E-state index in [1.807, 2.05) is 0 Å². The molecule has 0 fully saturated rings. The molecule has 130 valence electrons. The Balaban J connectivity index is 2.46.